The van der Waals surface area contributed by atoms with E-state index in [1.165, 1.54) is 31.2 Å². The van der Waals surface area contributed by atoms with Crippen molar-refractivity contribution in [3.63, 3.8) is 0 Å². The molecule has 0 aliphatic heterocycles. The number of aromatic nitrogens is 1. The zero-order valence-corrected chi connectivity index (χ0v) is 20.2. The lowest BCUT2D eigenvalue weighted by Gasteiger charge is -2.14. The lowest BCUT2D eigenvalue weighted by molar-refractivity contribution is -0.142. The Kier molecular flexibility index (Phi) is 7.67. The van der Waals surface area contributed by atoms with Crippen molar-refractivity contribution in [2.75, 3.05) is 11.9 Å². The molecule has 186 valence electrons. The number of carbonyl (C=O) groups excluding carboxylic acids is 2. The van der Waals surface area contributed by atoms with E-state index in [0.29, 0.717) is 16.8 Å². The van der Waals surface area contributed by atoms with Gasteiger partial charge in [0.25, 0.3) is 0 Å². The first kappa shape index (κ1) is 25.0. The quantitative estimate of drug-likeness (QED) is 0.280. The second-order valence-corrected chi connectivity index (χ2v) is 9.70. The number of benzene rings is 3. The van der Waals surface area contributed by atoms with Gasteiger partial charge in [-0.15, -0.1) is 0 Å². The third-order valence-corrected chi connectivity index (χ3v) is 6.85. The summed E-state index contributed by atoms with van der Waals surface area (Å²) in [7, 11) is -3.99. The van der Waals surface area contributed by atoms with Gasteiger partial charge in [0.15, 0.2) is 5.75 Å². The number of para-hydroxylation sites is 1. The van der Waals surface area contributed by atoms with Crippen LogP contribution in [0.15, 0.2) is 90.0 Å². The molecule has 36 heavy (non-hydrogen) atoms. The van der Waals surface area contributed by atoms with Gasteiger partial charge in [0.05, 0.1) is 4.90 Å². The van der Waals surface area contributed by atoms with Gasteiger partial charge in [0.2, 0.25) is 10.0 Å². The highest BCUT2D eigenvalue weighted by Gasteiger charge is 2.24. The zero-order valence-electron chi connectivity index (χ0n) is 19.4. The van der Waals surface area contributed by atoms with Crippen LogP contribution in [0.1, 0.15) is 12.5 Å². The van der Waals surface area contributed by atoms with Gasteiger partial charge in [0.1, 0.15) is 19.2 Å². The Bertz CT molecular complexity index is 1450. The SMILES string of the molecule is C[C@H](NS(=O)(=O)c1ccc(NCC(=O)OCc2ccccc2)cc1)C(=O)Oc1c[nH]c2ccccc12. The summed E-state index contributed by atoms with van der Waals surface area (Å²) in [6, 6.07) is 21.3. The molecule has 3 N–H and O–H groups in total. The molecule has 0 saturated heterocycles. The van der Waals surface area contributed by atoms with E-state index in [9.17, 15) is 18.0 Å². The van der Waals surface area contributed by atoms with E-state index in [1.54, 1.807) is 12.3 Å². The van der Waals surface area contributed by atoms with E-state index in [1.807, 2.05) is 48.5 Å². The van der Waals surface area contributed by atoms with Crippen molar-refractivity contribution in [3.8, 4) is 5.75 Å². The van der Waals surface area contributed by atoms with Crippen molar-refractivity contribution in [1.29, 1.82) is 0 Å². The Hall–Kier alpha value is -4.15. The highest BCUT2D eigenvalue weighted by molar-refractivity contribution is 7.89. The monoisotopic (exact) mass is 507 g/mol. The van der Waals surface area contributed by atoms with Crippen molar-refractivity contribution >= 4 is 38.6 Å². The number of esters is 2. The Labute approximate surface area is 208 Å². The van der Waals surface area contributed by atoms with Crippen LogP contribution in [-0.2, 0) is 31.0 Å². The second kappa shape index (κ2) is 11.1. The number of fused-ring (bicyclic) bond motifs is 1. The predicted molar refractivity (Wildman–Crippen MR) is 135 cm³/mol. The Morgan fingerprint density at radius 2 is 1.64 bits per heavy atom. The fourth-order valence-electron chi connectivity index (χ4n) is 3.39. The molecule has 9 nitrogen and oxygen atoms in total. The number of carbonyl (C=O) groups is 2. The first-order valence-electron chi connectivity index (χ1n) is 11.2. The minimum absolute atomic E-state index is 0.0357. The van der Waals surface area contributed by atoms with E-state index >= 15 is 0 Å². The molecule has 10 heteroatoms. The third-order valence-electron chi connectivity index (χ3n) is 5.29. The van der Waals surface area contributed by atoms with Gasteiger partial charge in [-0.2, -0.15) is 4.72 Å². The molecule has 0 saturated carbocycles. The topological polar surface area (TPSA) is 127 Å². The Balaban J connectivity index is 1.29. The van der Waals surface area contributed by atoms with E-state index in [0.717, 1.165) is 11.1 Å². The molecule has 0 amide bonds. The number of hydrogen-bond donors (Lipinski definition) is 3. The molecule has 1 atom stereocenters. The summed E-state index contributed by atoms with van der Waals surface area (Å²) in [5, 5.41) is 3.61. The first-order valence-corrected chi connectivity index (χ1v) is 12.6. The van der Waals surface area contributed by atoms with Crippen molar-refractivity contribution < 1.29 is 27.5 Å². The van der Waals surface area contributed by atoms with Gasteiger partial charge in [-0.1, -0.05) is 42.5 Å². The second-order valence-electron chi connectivity index (χ2n) is 7.99. The molecule has 0 aliphatic carbocycles. The molecule has 0 bridgehead atoms. The number of sulfonamides is 1. The molecule has 0 aliphatic rings. The van der Waals surface area contributed by atoms with Crippen LogP contribution in [-0.4, -0.2) is 37.9 Å². The minimum Gasteiger partial charge on any atom is -0.460 e. The number of ether oxygens (including phenoxy) is 2. The highest BCUT2D eigenvalue weighted by Crippen LogP contribution is 2.25. The zero-order chi connectivity index (χ0) is 25.5. The summed E-state index contributed by atoms with van der Waals surface area (Å²) in [5.74, 6) is -0.866. The number of H-pyrrole nitrogens is 1. The molecule has 0 spiro atoms. The van der Waals surface area contributed by atoms with Crippen LogP contribution in [0.3, 0.4) is 0 Å². The van der Waals surface area contributed by atoms with Crippen molar-refractivity contribution in [1.82, 2.24) is 9.71 Å². The third kappa shape index (κ3) is 6.29. The fourth-order valence-corrected chi connectivity index (χ4v) is 4.58. The number of aromatic amines is 1. The average Bonchev–Trinajstić information content (AvgIpc) is 3.29. The van der Waals surface area contributed by atoms with Gasteiger partial charge < -0.3 is 19.8 Å². The maximum Gasteiger partial charge on any atom is 0.329 e. The molecule has 3 aromatic carbocycles. The van der Waals surface area contributed by atoms with Gasteiger partial charge in [0, 0.05) is 22.8 Å². The van der Waals surface area contributed by atoms with Gasteiger partial charge in [-0.3, -0.25) is 4.79 Å². The van der Waals surface area contributed by atoms with E-state index in [4.69, 9.17) is 9.47 Å². The molecular weight excluding hydrogens is 482 g/mol. The standard InChI is InChI=1S/C26H25N3O6S/c1-18(26(31)35-24-15-28-23-10-6-5-9-22(23)24)29-36(32,33)21-13-11-20(12-14-21)27-16-25(30)34-17-19-7-3-2-4-8-19/h2-15,18,27-29H,16-17H2,1H3/t18-/m0/s1. The Morgan fingerprint density at radius 3 is 2.39 bits per heavy atom. The number of anilines is 1. The number of nitrogens with one attached hydrogen (secondary N) is 3. The lowest BCUT2D eigenvalue weighted by atomic mass is 10.2. The van der Waals surface area contributed by atoms with Crippen LogP contribution < -0.4 is 14.8 Å². The van der Waals surface area contributed by atoms with E-state index in [-0.39, 0.29) is 18.0 Å². The molecule has 0 fully saturated rings. The number of rotatable bonds is 10. The van der Waals surface area contributed by atoms with Crippen molar-refractivity contribution in [2.24, 2.45) is 0 Å². The smallest absolute Gasteiger partial charge is 0.329 e. The summed E-state index contributed by atoms with van der Waals surface area (Å²) < 4.78 is 38.4. The summed E-state index contributed by atoms with van der Waals surface area (Å²) in [4.78, 5) is 27.4. The first-order chi connectivity index (χ1) is 17.3. The highest BCUT2D eigenvalue weighted by atomic mass is 32.2. The largest absolute Gasteiger partial charge is 0.460 e. The molecule has 4 aromatic rings. The van der Waals surface area contributed by atoms with Crippen molar-refractivity contribution in [2.45, 2.75) is 24.5 Å². The van der Waals surface area contributed by atoms with Crippen LogP contribution in [0.2, 0.25) is 0 Å². The molecule has 1 heterocycles. The minimum atomic E-state index is -3.99. The van der Waals surface area contributed by atoms with Crippen LogP contribution >= 0.6 is 0 Å². The molecule has 0 radical (unpaired) electrons. The van der Waals surface area contributed by atoms with Crippen LogP contribution in [0.5, 0.6) is 5.75 Å². The molecule has 1 aromatic heterocycles. The van der Waals surface area contributed by atoms with Crippen molar-refractivity contribution in [3.05, 3.63) is 90.6 Å². The fraction of sp³-hybridized carbons (Fsp3) is 0.154. The van der Waals surface area contributed by atoms with E-state index < -0.39 is 28.0 Å². The molecule has 0 unspecified atom stereocenters. The van der Waals surface area contributed by atoms with Crippen LogP contribution in [0.25, 0.3) is 10.9 Å². The summed E-state index contributed by atoms with van der Waals surface area (Å²) in [6.07, 6.45) is 1.55. The molecular formula is C26H25N3O6S. The van der Waals surface area contributed by atoms with Gasteiger partial charge in [-0.25, -0.2) is 13.2 Å². The van der Waals surface area contributed by atoms with Gasteiger partial charge >= 0.3 is 11.9 Å². The average molecular weight is 508 g/mol. The summed E-state index contributed by atoms with van der Waals surface area (Å²) >= 11 is 0. The summed E-state index contributed by atoms with van der Waals surface area (Å²) in [5.41, 5.74) is 2.22. The maximum absolute atomic E-state index is 12.7. The predicted octanol–water partition coefficient (Wildman–Crippen LogP) is 3.60. The van der Waals surface area contributed by atoms with Crippen LogP contribution in [0.4, 0.5) is 5.69 Å². The van der Waals surface area contributed by atoms with Gasteiger partial charge in [-0.05, 0) is 48.9 Å². The summed E-state index contributed by atoms with van der Waals surface area (Å²) in [6.45, 7) is 1.50. The normalized spacial score (nSPS) is 12.1. The van der Waals surface area contributed by atoms with E-state index in [2.05, 4.69) is 15.0 Å². The lowest BCUT2D eigenvalue weighted by Crippen LogP contribution is -2.40. The maximum atomic E-state index is 12.7. The Morgan fingerprint density at radius 1 is 0.944 bits per heavy atom. The number of hydrogen-bond acceptors (Lipinski definition) is 7. The molecule has 4 rings (SSSR count). The van der Waals surface area contributed by atoms with Crippen LogP contribution in [0, 0.1) is 0 Å².